The average Bonchev–Trinajstić information content (AvgIpc) is 3.06. The third-order valence-corrected chi connectivity index (χ3v) is 4.34. The summed E-state index contributed by atoms with van der Waals surface area (Å²) in [6.07, 6.45) is 1.79. The molecule has 0 N–H and O–H groups in total. The van der Waals surface area contributed by atoms with E-state index in [1.54, 1.807) is 35.0 Å². The van der Waals surface area contributed by atoms with Gasteiger partial charge >= 0.3 is 0 Å². The Morgan fingerprint density at radius 3 is 2.44 bits per heavy atom. The third kappa shape index (κ3) is 2.85. The Bertz CT molecular complexity index is 1120. The number of benzene rings is 2. The molecule has 0 atom stereocenters. The first kappa shape index (κ1) is 15.6. The van der Waals surface area contributed by atoms with Gasteiger partial charge in [0.2, 0.25) is 0 Å². The first-order chi connectivity index (χ1) is 12.2. The molecule has 4 nitrogen and oxygen atoms in total. The van der Waals surface area contributed by atoms with Crippen LogP contribution in [0.5, 0.6) is 0 Å². The number of aromatic nitrogens is 3. The zero-order valence-corrected chi connectivity index (χ0v) is 14.3. The van der Waals surface area contributed by atoms with Crippen molar-refractivity contribution < 1.29 is 0 Å². The molecule has 0 bridgehead atoms. The molecule has 0 amide bonds. The van der Waals surface area contributed by atoms with Gasteiger partial charge in [-0.2, -0.15) is 5.26 Å². The van der Waals surface area contributed by atoms with Crippen molar-refractivity contribution in [2.24, 2.45) is 0 Å². The smallest absolute Gasteiger partial charge is 0.182 e. The number of nitriles is 1. The molecule has 6 heteroatoms. The van der Waals surface area contributed by atoms with Gasteiger partial charge in [0.25, 0.3) is 0 Å². The Morgan fingerprint density at radius 1 is 0.920 bits per heavy atom. The first-order valence-electron chi connectivity index (χ1n) is 7.47. The second kappa shape index (κ2) is 6.21. The fourth-order valence-corrected chi connectivity index (χ4v) is 2.99. The van der Waals surface area contributed by atoms with Crippen molar-refractivity contribution in [2.75, 3.05) is 0 Å². The van der Waals surface area contributed by atoms with E-state index >= 15 is 0 Å². The molecule has 25 heavy (non-hydrogen) atoms. The molecule has 0 unspecified atom stereocenters. The van der Waals surface area contributed by atoms with E-state index in [0.717, 1.165) is 16.7 Å². The SMILES string of the molecule is N#Cc1c(-c2ccc(Cl)cc2)ccn2nc(-c3cccc(Cl)c3)nc12. The van der Waals surface area contributed by atoms with E-state index in [9.17, 15) is 5.26 Å². The molecule has 0 aliphatic rings. The largest absolute Gasteiger partial charge is 0.219 e. The monoisotopic (exact) mass is 364 g/mol. The highest BCUT2D eigenvalue weighted by Gasteiger charge is 2.15. The second-order valence-corrected chi connectivity index (χ2v) is 6.31. The van der Waals surface area contributed by atoms with Crippen LogP contribution in [0.3, 0.4) is 0 Å². The predicted molar refractivity (Wildman–Crippen MR) is 98.6 cm³/mol. The molecular weight excluding hydrogens is 355 g/mol. The number of halogens is 2. The molecule has 0 saturated heterocycles. The van der Waals surface area contributed by atoms with Gasteiger partial charge in [0.05, 0.1) is 0 Å². The number of hydrogen-bond acceptors (Lipinski definition) is 3. The molecule has 2 aromatic carbocycles. The molecule has 0 aliphatic carbocycles. The van der Waals surface area contributed by atoms with Crippen LogP contribution in [0.2, 0.25) is 10.0 Å². The molecule has 120 valence electrons. The minimum absolute atomic E-state index is 0.464. The van der Waals surface area contributed by atoms with Crippen molar-refractivity contribution in [3.05, 3.63) is 76.4 Å². The van der Waals surface area contributed by atoms with Gasteiger partial charge in [-0.1, -0.05) is 47.5 Å². The van der Waals surface area contributed by atoms with Crippen molar-refractivity contribution in [3.63, 3.8) is 0 Å². The number of fused-ring (bicyclic) bond motifs is 1. The van der Waals surface area contributed by atoms with Crippen LogP contribution in [0.1, 0.15) is 5.56 Å². The third-order valence-electron chi connectivity index (χ3n) is 3.86. The minimum Gasteiger partial charge on any atom is -0.219 e. The van der Waals surface area contributed by atoms with E-state index in [1.165, 1.54) is 0 Å². The summed E-state index contributed by atoms with van der Waals surface area (Å²) in [5.74, 6) is 0.521. The highest BCUT2D eigenvalue weighted by Crippen LogP contribution is 2.28. The lowest BCUT2D eigenvalue weighted by atomic mass is 10.0. The molecule has 2 heterocycles. The maximum Gasteiger partial charge on any atom is 0.182 e. The molecule has 4 rings (SSSR count). The normalized spacial score (nSPS) is 10.8. The number of pyridine rings is 1. The number of hydrogen-bond donors (Lipinski definition) is 0. The van der Waals surface area contributed by atoms with Crippen LogP contribution in [0.25, 0.3) is 28.2 Å². The fraction of sp³-hybridized carbons (Fsp3) is 0. The molecule has 0 spiro atoms. The lowest BCUT2D eigenvalue weighted by molar-refractivity contribution is 0.964. The summed E-state index contributed by atoms with van der Waals surface area (Å²) in [5, 5.41) is 15.4. The van der Waals surface area contributed by atoms with E-state index in [4.69, 9.17) is 23.2 Å². The van der Waals surface area contributed by atoms with E-state index < -0.39 is 0 Å². The lowest BCUT2D eigenvalue weighted by Gasteiger charge is -2.05. The van der Waals surface area contributed by atoms with Crippen molar-refractivity contribution in [1.82, 2.24) is 14.6 Å². The van der Waals surface area contributed by atoms with E-state index in [2.05, 4.69) is 16.2 Å². The summed E-state index contributed by atoms with van der Waals surface area (Å²) < 4.78 is 1.61. The van der Waals surface area contributed by atoms with E-state index in [0.29, 0.717) is 27.1 Å². The first-order valence-corrected chi connectivity index (χ1v) is 8.22. The van der Waals surface area contributed by atoms with Gasteiger partial charge in [0, 0.05) is 27.4 Å². The van der Waals surface area contributed by atoms with Crippen LogP contribution in [-0.4, -0.2) is 14.6 Å². The minimum atomic E-state index is 0.464. The summed E-state index contributed by atoms with van der Waals surface area (Å²) >= 11 is 12.0. The van der Waals surface area contributed by atoms with Crippen molar-refractivity contribution in [3.8, 4) is 28.6 Å². The maximum atomic E-state index is 9.68. The zero-order chi connectivity index (χ0) is 17.4. The fourth-order valence-electron chi connectivity index (χ4n) is 2.68. The van der Waals surface area contributed by atoms with Gasteiger partial charge in [0.15, 0.2) is 11.5 Å². The summed E-state index contributed by atoms with van der Waals surface area (Å²) in [5.41, 5.74) is 3.45. The van der Waals surface area contributed by atoms with Gasteiger partial charge in [-0.25, -0.2) is 9.50 Å². The number of rotatable bonds is 2. The maximum absolute atomic E-state index is 9.68. The Kier molecular flexibility index (Phi) is 3.89. The highest BCUT2D eigenvalue weighted by molar-refractivity contribution is 6.31. The topological polar surface area (TPSA) is 54.0 Å². The van der Waals surface area contributed by atoms with Gasteiger partial charge in [-0.3, -0.25) is 0 Å². The van der Waals surface area contributed by atoms with Crippen molar-refractivity contribution in [2.45, 2.75) is 0 Å². The zero-order valence-electron chi connectivity index (χ0n) is 12.8. The van der Waals surface area contributed by atoms with Crippen LogP contribution in [0.4, 0.5) is 0 Å². The average molecular weight is 365 g/mol. The Morgan fingerprint density at radius 2 is 1.72 bits per heavy atom. The molecule has 4 aromatic rings. The van der Waals surface area contributed by atoms with Crippen LogP contribution in [0, 0.1) is 11.3 Å². The molecular formula is C19H10Cl2N4. The van der Waals surface area contributed by atoms with Gasteiger partial charge in [-0.05, 0) is 35.9 Å². The Hall–Kier alpha value is -2.87. The molecule has 0 aliphatic heterocycles. The number of nitrogens with zero attached hydrogens (tertiary/aromatic N) is 4. The Labute approximate surface area is 153 Å². The van der Waals surface area contributed by atoms with Crippen LogP contribution >= 0.6 is 23.2 Å². The van der Waals surface area contributed by atoms with Gasteiger partial charge < -0.3 is 0 Å². The quantitative estimate of drug-likeness (QED) is 0.488. The van der Waals surface area contributed by atoms with E-state index in [1.807, 2.05) is 30.3 Å². The van der Waals surface area contributed by atoms with Gasteiger partial charge in [0.1, 0.15) is 11.6 Å². The molecule has 2 aromatic heterocycles. The highest BCUT2D eigenvalue weighted by atomic mass is 35.5. The summed E-state index contributed by atoms with van der Waals surface area (Å²) in [6, 6.07) is 18.8. The second-order valence-electron chi connectivity index (χ2n) is 5.44. The Balaban J connectivity index is 1.91. The van der Waals surface area contributed by atoms with Crippen LogP contribution < -0.4 is 0 Å². The summed E-state index contributed by atoms with van der Waals surface area (Å²) in [6.45, 7) is 0. The predicted octanol–water partition coefficient (Wildman–Crippen LogP) is 5.24. The molecule has 0 saturated carbocycles. The van der Waals surface area contributed by atoms with Crippen molar-refractivity contribution >= 4 is 28.8 Å². The van der Waals surface area contributed by atoms with E-state index in [-0.39, 0.29) is 0 Å². The van der Waals surface area contributed by atoms with Crippen molar-refractivity contribution in [1.29, 1.82) is 5.26 Å². The van der Waals surface area contributed by atoms with Crippen LogP contribution in [-0.2, 0) is 0 Å². The van der Waals surface area contributed by atoms with Crippen LogP contribution in [0.15, 0.2) is 60.8 Å². The standard InChI is InChI=1S/C19H10Cl2N4/c20-14-6-4-12(5-7-14)16-8-9-25-19(17(16)11-22)23-18(24-25)13-2-1-3-15(21)10-13/h1-10H. The lowest BCUT2D eigenvalue weighted by Crippen LogP contribution is -1.93. The van der Waals surface area contributed by atoms with Gasteiger partial charge in [-0.15, -0.1) is 5.10 Å². The summed E-state index contributed by atoms with van der Waals surface area (Å²) in [7, 11) is 0. The summed E-state index contributed by atoms with van der Waals surface area (Å²) in [4.78, 5) is 4.54. The molecule has 0 radical (unpaired) electrons. The molecule has 0 fully saturated rings.